The van der Waals surface area contributed by atoms with Gasteiger partial charge < -0.3 is 14.4 Å². The van der Waals surface area contributed by atoms with Gasteiger partial charge in [-0.05, 0) is 20.2 Å². The van der Waals surface area contributed by atoms with Gasteiger partial charge in [0.15, 0.2) is 0 Å². The maximum atomic E-state index is 11.9. The van der Waals surface area contributed by atoms with Crippen LogP contribution < -0.4 is 0 Å². The minimum atomic E-state index is 0.0422. The average Bonchev–Trinajstić information content (AvgIpc) is 2.59. The Balaban J connectivity index is 2.57. The van der Waals surface area contributed by atoms with Gasteiger partial charge in [0.2, 0.25) is 0 Å². The highest BCUT2D eigenvalue weighted by atomic mass is 16.2. The van der Waals surface area contributed by atoms with Crippen LogP contribution in [0.3, 0.4) is 0 Å². The number of hydrogen-bond donors (Lipinski definition) is 0. The lowest BCUT2D eigenvalue weighted by Crippen LogP contribution is -2.34. The molecule has 1 heterocycles. The van der Waals surface area contributed by atoms with Crippen molar-refractivity contribution in [3.05, 3.63) is 24.0 Å². The van der Waals surface area contributed by atoms with Crippen molar-refractivity contribution in [3.63, 3.8) is 0 Å². The maximum absolute atomic E-state index is 11.9. The third kappa shape index (κ3) is 3.09. The summed E-state index contributed by atoms with van der Waals surface area (Å²) in [5.74, 6) is 0.0422. The lowest BCUT2D eigenvalue weighted by atomic mass is 10.3. The first kappa shape index (κ1) is 11.8. The summed E-state index contributed by atoms with van der Waals surface area (Å²) < 4.78 is 1.79. The first-order valence-corrected chi connectivity index (χ1v) is 4.95. The van der Waals surface area contributed by atoms with Gasteiger partial charge in [0.05, 0.1) is 0 Å². The van der Waals surface area contributed by atoms with Gasteiger partial charge >= 0.3 is 0 Å². The molecule has 1 aromatic rings. The quantitative estimate of drug-likeness (QED) is 0.719. The Morgan fingerprint density at radius 2 is 2.07 bits per heavy atom. The van der Waals surface area contributed by atoms with Crippen molar-refractivity contribution in [2.45, 2.75) is 0 Å². The van der Waals surface area contributed by atoms with E-state index in [9.17, 15) is 4.79 Å². The molecule has 4 heteroatoms. The number of aryl methyl sites for hydroxylation is 1. The highest BCUT2D eigenvalue weighted by Gasteiger charge is 2.13. The third-order valence-electron chi connectivity index (χ3n) is 2.32. The van der Waals surface area contributed by atoms with Gasteiger partial charge in [0, 0.05) is 39.4 Å². The van der Waals surface area contributed by atoms with Crippen LogP contribution in [0.4, 0.5) is 0 Å². The molecule has 0 unspecified atom stereocenters. The van der Waals surface area contributed by atoms with Gasteiger partial charge in [-0.25, -0.2) is 0 Å². The van der Waals surface area contributed by atoms with Gasteiger partial charge in [-0.3, -0.25) is 4.79 Å². The SMILES string of the molecule is CN(C)CCN(C)C(=O)c1c[c]cn1C. The van der Waals surface area contributed by atoms with Crippen LogP contribution in [0.25, 0.3) is 0 Å². The molecule has 0 fully saturated rings. The van der Waals surface area contributed by atoms with Crippen LogP contribution in [0.1, 0.15) is 10.5 Å². The van der Waals surface area contributed by atoms with E-state index in [2.05, 4.69) is 11.0 Å². The van der Waals surface area contributed by atoms with Crippen LogP contribution in [-0.2, 0) is 7.05 Å². The summed E-state index contributed by atoms with van der Waals surface area (Å²) >= 11 is 0. The van der Waals surface area contributed by atoms with E-state index in [1.54, 1.807) is 21.7 Å². The average molecular weight is 208 g/mol. The van der Waals surface area contributed by atoms with E-state index in [0.29, 0.717) is 5.69 Å². The molecule has 0 aliphatic carbocycles. The number of rotatable bonds is 4. The van der Waals surface area contributed by atoms with Crippen LogP contribution in [0.5, 0.6) is 0 Å². The lowest BCUT2D eigenvalue weighted by Gasteiger charge is -2.19. The molecule has 0 saturated carbocycles. The zero-order chi connectivity index (χ0) is 11.4. The third-order valence-corrected chi connectivity index (χ3v) is 2.32. The molecule has 1 aromatic heterocycles. The minimum Gasteiger partial charge on any atom is -0.346 e. The second-order valence-electron chi connectivity index (χ2n) is 3.97. The summed E-state index contributed by atoms with van der Waals surface area (Å²) in [6, 6.07) is 4.62. The fourth-order valence-electron chi connectivity index (χ4n) is 1.26. The molecule has 0 spiro atoms. The van der Waals surface area contributed by atoms with Crippen molar-refractivity contribution in [2.24, 2.45) is 7.05 Å². The van der Waals surface area contributed by atoms with E-state index in [0.717, 1.165) is 13.1 Å². The number of carbonyl (C=O) groups is 1. The Labute approximate surface area is 91.1 Å². The van der Waals surface area contributed by atoms with Crippen molar-refractivity contribution >= 4 is 5.91 Å². The zero-order valence-corrected chi connectivity index (χ0v) is 9.82. The Bertz CT molecular complexity index is 330. The number of nitrogens with zero attached hydrogens (tertiary/aromatic N) is 3. The van der Waals surface area contributed by atoms with Crippen LogP contribution in [0.15, 0.2) is 12.3 Å². The molecule has 1 rings (SSSR count). The predicted molar refractivity (Wildman–Crippen MR) is 59.8 cm³/mol. The molecule has 0 aromatic carbocycles. The topological polar surface area (TPSA) is 28.5 Å². The molecular formula is C11H18N3O. The fraction of sp³-hybridized carbons (Fsp3) is 0.545. The van der Waals surface area contributed by atoms with Gasteiger partial charge in [0.1, 0.15) is 5.69 Å². The molecule has 0 bridgehead atoms. The monoisotopic (exact) mass is 208 g/mol. The molecule has 0 N–H and O–H groups in total. The van der Waals surface area contributed by atoms with Gasteiger partial charge in [0.25, 0.3) is 5.91 Å². The predicted octanol–water partition coefficient (Wildman–Crippen LogP) is 0.459. The number of hydrogen-bond acceptors (Lipinski definition) is 2. The minimum absolute atomic E-state index is 0.0422. The molecule has 0 aliphatic heterocycles. The van der Waals surface area contributed by atoms with Crippen LogP contribution in [-0.4, -0.2) is 54.5 Å². The second kappa shape index (κ2) is 4.98. The Kier molecular flexibility index (Phi) is 3.91. The van der Waals surface area contributed by atoms with Crippen LogP contribution in [0.2, 0.25) is 0 Å². The van der Waals surface area contributed by atoms with E-state index < -0.39 is 0 Å². The van der Waals surface area contributed by atoms with Crippen molar-refractivity contribution in [2.75, 3.05) is 34.2 Å². The highest BCUT2D eigenvalue weighted by Crippen LogP contribution is 2.02. The molecule has 4 nitrogen and oxygen atoms in total. The normalized spacial score (nSPS) is 10.7. The smallest absolute Gasteiger partial charge is 0.270 e. The molecule has 83 valence electrons. The van der Waals surface area contributed by atoms with E-state index in [1.165, 1.54) is 0 Å². The first-order chi connectivity index (χ1) is 7.02. The molecule has 1 amide bonds. The first-order valence-electron chi connectivity index (χ1n) is 4.95. The zero-order valence-electron chi connectivity index (χ0n) is 9.82. The Hall–Kier alpha value is -1.29. The number of amides is 1. The summed E-state index contributed by atoms with van der Waals surface area (Å²) in [5, 5.41) is 0. The standard InChI is InChI=1S/C11H18N3O/c1-12(2)8-9-14(4)11(15)10-6-5-7-13(10)3/h6-7H,8-9H2,1-4H3. The van der Waals surface area contributed by atoms with Crippen molar-refractivity contribution in [3.8, 4) is 0 Å². The molecular weight excluding hydrogens is 190 g/mol. The highest BCUT2D eigenvalue weighted by molar-refractivity contribution is 5.92. The van der Waals surface area contributed by atoms with E-state index >= 15 is 0 Å². The van der Waals surface area contributed by atoms with Crippen LogP contribution >= 0.6 is 0 Å². The van der Waals surface area contributed by atoms with Crippen LogP contribution in [0, 0.1) is 6.07 Å². The van der Waals surface area contributed by atoms with Gasteiger partial charge in [-0.15, -0.1) is 0 Å². The van der Waals surface area contributed by atoms with Gasteiger partial charge in [-0.2, -0.15) is 0 Å². The molecule has 1 radical (unpaired) electrons. The summed E-state index contributed by atoms with van der Waals surface area (Å²) in [6.07, 6.45) is 1.76. The number of likely N-dealkylation sites (N-methyl/N-ethyl adjacent to an activating group) is 2. The Morgan fingerprint density at radius 1 is 1.40 bits per heavy atom. The summed E-state index contributed by atoms with van der Waals surface area (Å²) in [5.41, 5.74) is 0.677. The Morgan fingerprint density at radius 3 is 2.53 bits per heavy atom. The molecule has 0 atom stereocenters. The van der Waals surface area contributed by atoms with Crippen molar-refractivity contribution in [1.29, 1.82) is 0 Å². The molecule has 0 saturated heterocycles. The van der Waals surface area contributed by atoms with Gasteiger partial charge in [-0.1, -0.05) is 0 Å². The van der Waals surface area contributed by atoms with E-state index in [1.807, 2.05) is 28.2 Å². The summed E-state index contributed by atoms with van der Waals surface area (Å²) in [4.78, 5) is 15.7. The lowest BCUT2D eigenvalue weighted by molar-refractivity contribution is 0.0777. The maximum Gasteiger partial charge on any atom is 0.270 e. The van der Waals surface area contributed by atoms with Crippen molar-refractivity contribution in [1.82, 2.24) is 14.4 Å². The number of carbonyl (C=O) groups excluding carboxylic acids is 1. The number of aromatic nitrogens is 1. The largest absolute Gasteiger partial charge is 0.346 e. The fourth-order valence-corrected chi connectivity index (χ4v) is 1.26. The second-order valence-corrected chi connectivity index (χ2v) is 3.97. The summed E-state index contributed by atoms with van der Waals surface area (Å²) in [7, 11) is 7.66. The molecule has 0 aliphatic rings. The van der Waals surface area contributed by atoms with E-state index in [4.69, 9.17) is 0 Å². The summed E-state index contributed by atoms with van der Waals surface area (Å²) in [6.45, 7) is 1.60. The van der Waals surface area contributed by atoms with E-state index in [-0.39, 0.29) is 5.91 Å². The van der Waals surface area contributed by atoms with Crippen molar-refractivity contribution < 1.29 is 4.79 Å². The molecule has 15 heavy (non-hydrogen) atoms.